The Hall–Kier alpha value is -1.97. The molecule has 1 aromatic carbocycles. The van der Waals surface area contributed by atoms with Crippen molar-refractivity contribution in [1.29, 1.82) is 5.26 Å². The van der Waals surface area contributed by atoms with Gasteiger partial charge in [0.1, 0.15) is 10.9 Å². The van der Waals surface area contributed by atoms with Crippen LogP contribution in [0.15, 0.2) is 29.6 Å². The van der Waals surface area contributed by atoms with Crippen molar-refractivity contribution in [3.8, 4) is 6.07 Å². The van der Waals surface area contributed by atoms with Crippen LogP contribution in [0, 0.1) is 11.3 Å². The Morgan fingerprint density at radius 1 is 1.28 bits per heavy atom. The number of fused-ring (bicyclic) bond motifs is 1. The zero-order valence-corrected chi connectivity index (χ0v) is 10.8. The molecular formula is C12H8N4S2. The minimum absolute atomic E-state index is 0.434. The molecule has 18 heavy (non-hydrogen) atoms. The first-order valence-electron chi connectivity index (χ1n) is 5.24. The maximum absolute atomic E-state index is 9.31. The zero-order valence-electron chi connectivity index (χ0n) is 9.20. The quantitative estimate of drug-likeness (QED) is 0.778. The smallest absolute Gasteiger partial charge is 0.180 e. The number of hydrogen-bond acceptors (Lipinski definition) is 6. The first-order valence-corrected chi connectivity index (χ1v) is 6.93. The van der Waals surface area contributed by atoms with Gasteiger partial charge in [0.2, 0.25) is 0 Å². The Morgan fingerprint density at radius 2 is 2.11 bits per heavy atom. The highest BCUT2D eigenvalue weighted by molar-refractivity contribution is 7.18. The predicted molar refractivity (Wildman–Crippen MR) is 73.6 cm³/mol. The van der Waals surface area contributed by atoms with Crippen molar-refractivity contribution in [3.05, 3.63) is 40.3 Å². The Morgan fingerprint density at radius 3 is 2.78 bits per heavy atom. The SMILES string of the molecule is N#CC(c1csc(N)n1)c1nc2ccccc2s1. The Labute approximate surface area is 111 Å². The second-order valence-electron chi connectivity index (χ2n) is 3.69. The summed E-state index contributed by atoms with van der Waals surface area (Å²) in [5.41, 5.74) is 7.20. The summed E-state index contributed by atoms with van der Waals surface area (Å²) in [5.74, 6) is -0.434. The molecule has 0 aliphatic rings. The van der Waals surface area contributed by atoms with E-state index in [9.17, 15) is 5.26 Å². The summed E-state index contributed by atoms with van der Waals surface area (Å²) < 4.78 is 1.08. The van der Waals surface area contributed by atoms with E-state index < -0.39 is 5.92 Å². The molecule has 88 valence electrons. The van der Waals surface area contributed by atoms with Gasteiger partial charge in [-0.15, -0.1) is 22.7 Å². The highest BCUT2D eigenvalue weighted by atomic mass is 32.1. The van der Waals surface area contributed by atoms with Crippen molar-refractivity contribution in [2.75, 3.05) is 5.73 Å². The summed E-state index contributed by atoms with van der Waals surface area (Å²) in [6, 6.07) is 10.1. The molecule has 0 saturated heterocycles. The van der Waals surface area contributed by atoms with Crippen LogP contribution in [-0.2, 0) is 0 Å². The molecule has 3 aromatic rings. The maximum Gasteiger partial charge on any atom is 0.180 e. The summed E-state index contributed by atoms with van der Waals surface area (Å²) in [5, 5.41) is 12.4. The Balaban J connectivity index is 2.09. The number of rotatable bonds is 2. The molecule has 0 amide bonds. The maximum atomic E-state index is 9.31. The molecule has 3 rings (SSSR count). The van der Waals surface area contributed by atoms with Gasteiger partial charge >= 0.3 is 0 Å². The van der Waals surface area contributed by atoms with E-state index in [4.69, 9.17) is 5.73 Å². The number of aromatic nitrogens is 2. The van der Waals surface area contributed by atoms with E-state index in [0.29, 0.717) is 10.8 Å². The topological polar surface area (TPSA) is 75.6 Å². The highest BCUT2D eigenvalue weighted by Gasteiger charge is 2.20. The number of nitrogens with zero attached hydrogens (tertiary/aromatic N) is 3. The van der Waals surface area contributed by atoms with Gasteiger partial charge in [-0.25, -0.2) is 9.97 Å². The standard InChI is InChI=1S/C12H8N4S2/c13-5-7(9-6-17-12(14)16-9)11-15-8-3-1-2-4-10(8)18-11/h1-4,6-7H,(H2,14,16). The van der Waals surface area contributed by atoms with Crippen LogP contribution in [0.1, 0.15) is 16.6 Å². The van der Waals surface area contributed by atoms with Crippen LogP contribution in [0.5, 0.6) is 0 Å². The minimum Gasteiger partial charge on any atom is -0.375 e. The van der Waals surface area contributed by atoms with Gasteiger partial charge in [0, 0.05) is 5.38 Å². The third kappa shape index (κ3) is 1.83. The van der Waals surface area contributed by atoms with Crippen LogP contribution in [0.4, 0.5) is 5.13 Å². The van der Waals surface area contributed by atoms with Gasteiger partial charge in [0.05, 0.1) is 22.0 Å². The van der Waals surface area contributed by atoms with E-state index in [1.165, 1.54) is 22.7 Å². The second kappa shape index (κ2) is 4.37. The molecule has 1 unspecified atom stereocenters. The van der Waals surface area contributed by atoms with Crippen molar-refractivity contribution in [2.24, 2.45) is 0 Å². The summed E-state index contributed by atoms with van der Waals surface area (Å²) in [4.78, 5) is 8.66. The first kappa shape index (κ1) is 11.1. The predicted octanol–water partition coefficient (Wildman–Crippen LogP) is 2.99. The van der Waals surface area contributed by atoms with Crippen molar-refractivity contribution in [1.82, 2.24) is 9.97 Å². The summed E-state index contributed by atoms with van der Waals surface area (Å²) in [6.45, 7) is 0. The number of nitriles is 1. The van der Waals surface area contributed by atoms with Crippen LogP contribution in [0.2, 0.25) is 0 Å². The third-order valence-electron chi connectivity index (χ3n) is 2.52. The molecule has 0 fully saturated rings. The number of nitrogens with two attached hydrogens (primary N) is 1. The van der Waals surface area contributed by atoms with Gasteiger partial charge in [-0.2, -0.15) is 5.26 Å². The molecule has 0 aliphatic carbocycles. The van der Waals surface area contributed by atoms with Gasteiger partial charge in [-0.3, -0.25) is 0 Å². The summed E-state index contributed by atoms with van der Waals surface area (Å²) in [6.07, 6.45) is 0. The van der Waals surface area contributed by atoms with Crippen molar-refractivity contribution >= 4 is 38.0 Å². The van der Waals surface area contributed by atoms with E-state index in [1.54, 1.807) is 0 Å². The zero-order chi connectivity index (χ0) is 12.5. The molecule has 4 nitrogen and oxygen atoms in total. The van der Waals surface area contributed by atoms with Crippen LogP contribution in [0.3, 0.4) is 0 Å². The molecular weight excluding hydrogens is 264 g/mol. The average Bonchev–Trinajstić information content (AvgIpc) is 2.96. The Bertz CT molecular complexity index is 705. The minimum atomic E-state index is -0.434. The lowest BCUT2D eigenvalue weighted by Crippen LogP contribution is -1.98. The van der Waals surface area contributed by atoms with Gasteiger partial charge < -0.3 is 5.73 Å². The number of thiazole rings is 2. The molecule has 0 saturated carbocycles. The summed E-state index contributed by atoms with van der Waals surface area (Å²) >= 11 is 2.87. The van der Waals surface area contributed by atoms with Crippen LogP contribution in [-0.4, -0.2) is 9.97 Å². The highest BCUT2D eigenvalue weighted by Crippen LogP contribution is 2.32. The monoisotopic (exact) mass is 272 g/mol. The van der Waals surface area contributed by atoms with E-state index in [2.05, 4.69) is 16.0 Å². The largest absolute Gasteiger partial charge is 0.375 e. The van der Waals surface area contributed by atoms with Gasteiger partial charge in [0.15, 0.2) is 5.13 Å². The van der Waals surface area contributed by atoms with Gasteiger partial charge in [0.25, 0.3) is 0 Å². The van der Waals surface area contributed by atoms with Crippen molar-refractivity contribution in [2.45, 2.75) is 5.92 Å². The normalized spacial score (nSPS) is 12.4. The molecule has 0 radical (unpaired) electrons. The fourth-order valence-corrected chi connectivity index (χ4v) is 3.31. The fourth-order valence-electron chi connectivity index (χ4n) is 1.69. The van der Waals surface area contributed by atoms with E-state index in [1.807, 2.05) is 29.6 Å². The molecule has 0 spiro atoms. The van der Waals surface area contributed by atoms with E-state index >= 15 is 0 Å². The molecule has 2 aromatic heterocycles. The fraction of sp³-hybridized carbons (Fsp3) is 0.0833. The Kier molecular flexibility index (Phi) is 2.70. The molecule has 0 aliphatic heterocycles. The number of anilines is 1. The van der Waals surface area contributed by atoms with Gasteiger partial charge in [-0.1, -0.05) is 12.1 Å². The first-order chi connectivity index (χ1) is 8.78. The molecule has 2 heterocycles. The number of benzene rings is 1. The molecule has 2 N–H and O–H groups in total. The molecule has 1 atom stereocenters. The lowest BCUT2D eigenvalue weighted by molar-refractivity contribution is 0.973. The third-order valence-corrected chi connectivity index (χ3v) is 4.32. The van der Waals surface area contributed by atoms with E-state index in [-0.39, 0.29) is 0 Å². The number of hydrogen-bond donors (Lipinski definition) is 1. The average molecular weight is 272 g/mol. The van der Waals surface area contributed by atoms with Crippen molar-refractivity contribution < 1.29 is 0 Å². The number of nitrogen functional groups attached to an aromatic ring is 1. The lowest BCUT2D eigenvalue weighted by Gasteiger charge is -1.99. The van der Waals surface area contributed by atoms with E-state index in [0.717, 1.165) is 15.2 Å². The lowest BCUT2D eigenvalue weighted by atomic mass is 10.1. The second-order valence-corrected chi connectivity index (χ2v) is 5.64. The van der Waals surface area contributed by atoms with Crippen molar-refractivity contribution in [3.63, 3.8) is 0 Å². The molecule has 0 bridgehead atoms. The summed E-state index contributed by atoms with van der Waals surface area (Å²) in [7, 11) is 0. The number of para-hydroxylation sites is 1. The van der Waals surface area contributed by atoms with Crippen LogP contribution >= 0.6 is 22.7 Å². The van der Waals surface area contributed by atoms with Gasteiger partial charge in [-0.05, 0) is 12.1 Å². The van der Waals surface area contributed by atoms with Crippen LogP contribution in [0.25, 0.3) is 10.2 Å². The molecule has 6 heteroatoms. The van der Waals surface area contributed by atoms with Crippen LogP contribution < -0.4 is 5.73 Å².